The largest absolute Gasteiger partial charge is 0.399 e. The predicted molar refractivity (Wildman–Crippen MR) is 92.4 cm³/mol. The first-order chi connectivity index (χ1) is 11.0. The normalized spacial score (nSPS) is 12.3. The lowest BCUT2D eigenvalue weighted by atomic mass is 9.84. The molecule has 0 amide bonds. The van der Waals surface area contributed by atoms with Crippen molar-refractivity contribution in [3.05, 3.63) is 59.9 Å². The van der Waals surface area contributed by atoms with E-state index >= 15 is 0 Å². The molecule has 0 saturated heterocycles. The molecule has 0 aliphatic heterocycles. The van der Waals surface area contributed by atoms with Crippen LogP contribution in [0, 0.1) is 0 Å². The molecule has 0 radical (unpaired) electrons. The van der Waals surface area contributed by atoms with Gasteiger partial charge in [0.05, 0.1) is 16.4 Å². The van der Waals surface area contributed by atoms with Gasteiger partial charge in [0.15, 0.2) is 0 Å². The van der Waals surface area contributed by atoms with Crippen molar-refractivity contribution in [1.82, 2.24) is 19.2 Å². The van der Waals surface area contributed by atoms with Gasteiger partial charge in [-0.2, -0.15) is 0 Å². The van der Waals surface area contributed by atoms with E-state index in [2.05, 4.69) is 52.7 Å². The Labute approximate surface area is 134 Å². The summed E-state index contributed by atoms with van der Waals surface area (Å²) >= 11 is 0. The summed E-state index contributed by atoms with van der Waals surface area (Å²) in [5, 5.41) is 8.91. The van der Waals surface area contributed by atoms with Crippen LogP contribution >= 0.6 is 0 Å². The van der Waals surface area contributed by atoms with E-state index in [1.807, 2.05) is 35.9 Å². The summed E-state index contributed by atoms with van der Waals surface area (Å²) in [6.45, 7) is 4.34. The summed E-state index contributed by atoms with van der Waals surface area (Å²) in [5.74, 6) is 1.74. The topological polar surface area (TPSA) is 61.1 Å². The first-order valence-electron chi connectivity index (χ1n) is 7.65. The molecule has 4 aromatic rings. The fourth-order valence-corrected chi connectivity index (χ4v) is 3.21. The summed E-state index contributed by atoms with van der Waals surface area (Å²) in [5.41, 5.74) is 9.80. The highest BCUT2D eigenvalue weighted by molar-refractivity contribution is 5.84. The molecule has 2 heterocycles. The van der Waals surface area contributed by atoms with Crippen molar-refractivity contribution in [2.24, 2.45) is 7.05 Å². The standard InChI is InChI=1S/C18H19N5/c1-18(2,12-7-5-4-6-8-12)16-20-21-17-22(3)14-10-9-13(19)11-15(14)23(16)17/h4-11H,19H2,1-3H3. The number of aromatic nitrogens is 4. The monoisotopic (exact) mass is 305 g/mol. The first kappa shape index (κ1) is 13.8. The summed E-state index contributed by atoms with van der Waals surface area (Å²) in [6.07, 6.45) is 0. The minimum Gasteiger partial charge on any atom is -0.399 e. The van der Waals surface area contributed by atoms with Gasteiger partial charge in [0.1, 0.15) is 5.82 Å². The third-order valence-corrected chi connectivity index (χ3v) is 4.60. The second-order valence-electron chi connectivity index (χ2n) is 6.46. The molecule has 0 fully saturated rings. The maximum Gasteiger partial charge on any atom is 0.236 e. The lowest BCUT2D eigenvalue weighted by Crippen LogP contribution is -2.22. The maximum atomic E-state index is 6.00. The van der Waals surface area contributed by atoms with Crippen molar-refractivity contribution in [2.75, 3.05) is 5.73 Å². The predicted octanol–water partition coefficient (Wildman–Crippen LogP) is 3.13. The van der Waals surface area contributed by atoms with Crippen LogP contribution in [0.4, 0.5) is 5.69 Å². The highest BCUT2D eigenvalue weighted by Crippen LogP contribution is 2.33. The van der Waals surface area contributed by atoms with Gasteiger partial charge in [0, 0.05) is 12.7 Å². The van der Waals surface area contributed by atoms with Crippen molar-refractivity contribution in [3.8, 4) is 0 Å². The van der Waals surface area contributed by atoms with E-state index in [0.29, 0.717) is 0 Å². The maximum absolute atomic E-state index is 6.00. The van der Waals surface area contributed by atoms with Gasteiger partial charge in [0.25, 0.3) is 0 Å². The Hall–Kier alpha value is -2.82. The molecule has 0 aliphatic carbocycles. The highest BCUT2D eigenvalue weighted by atomic mass is 15.3. The van der Waals surface area contributed by atoms with Crippen LogP contribution in [-0.4, -0.2) is 19.2 Å². The Kier molecular flexibility index (Phi) is 2.75. The molecular weight excluding hydrogens is 286 g/mol. The second-order valence-corrected chi connectivity index (χ2v) is 6.46. The van der Waals surface area contributed by atoms with E-state index < -0.39 is 0 Å². The Morgan fingerprint density at radius 2 is 1.70 bits per heavy atom. The lowest BCUT2D eigenvalue weighted by Gasteiger charge is -2.23. The molecule has 2 aromatic heterocycles. The van der Waals surface area contributed by atoms with Gasteiger partial charge in [-0.1, -0.05) is 30.3 Å². The smallest absolute Gasteiger partial charge is 0.236 e. The minimum absolute atomic E-state index is 0.264. The second kappa shape index (κ2) is 4.59. The number of hydrogen-bond donors (Lipinski definition) is 1. The Balaban J connectivity index is 2.07. The molecule has 2 aromatic carbocycles. The van der Waals surface area contributed by atoms with Crippen molar-refractivity contribution in [1.29, 1.82) is 0 Å². The summed E-state index contributed by atoms with van der Waals surface area (Å²) < 4.78 is 4.16. The zero-order valence-electron chi connectivity index (χ0n) is 13.5. The van der Waals surface area contributed by atoms with Gasteiger partial charge in [-0.05, 0) is 37.6 Å². The summed E-state index contributed by atoms with van der Waals surface area (Å²) in [7, 11) is 2.00. The average molecular weight is 305 g/mol. The van der Waals surface area contributed by atoms with Crippen LogP contribution in [0.1, 0.15) is 25.2 Å². The van der Waals surface area contributed by atoms with Gasteiger partial charge in [0.2, 0.25) is 5.78 Å². The van der Waals surface area contributed by atoms with Gasteiger partial charge in [-0.15, -0.1) is 10.2 Å². The number of aryl methyl sites for hydroxylation is 1. The molecule has 0 atom stereocenters. The summed E-state index contributed by atoms with van der Waals surface area (Å²) in [6, 6.07) is 16.3. The molecule has 4 rings (SSSR count). The third-order valence-electron chi connectivity index (χ3n) is 4.60. The average Bonchev–Trinajstić information content (AvgIpc) is 3.09. The SMILES string of the molecule is Cn1c2ccc(N)cc2n2c(C(C)(C)c3ccccc3)nnc12. The van der Waals surface area contributed by atoms with Crippen molar-refractivity contribution >= 4 is 22.5 Å². The Bertz CT molecular complexity index is 1010. The number of hydrogen-bond acceptors (Lipinski definition) is 3. The number of anilines is 1. The molecule has 23 heavy (non-hydrogen) atoms. The van der Waals surface area contributed by atoms with E-state index in [9.17, 15) is 0 Å². The molecule has 0 bridgehead atoms. The van der Waals surface area contributed by atoms with E-state index in [0.717, 1.165) is 28.3 Å². The van der Waals surface area contributed by atoms with Crippen LogP contribution in [0.5, 0.6) is 0 Å². The molecule has 5 nitrogen and oxygen atoms in total. The molecule has 0 saturated carbocycles. The molecule has 0 spiro atoms. The van der Waals surface area contributed by atoms with Crippen molar-refractivity contribution in [2.45, 2.75) is 19.3 Å². The van der Waals surface area contributed by atoms with E-state index in [-0.39, 0.29) is 5.41 Å². The number of rotatable bonds is 2. The van der Waals surface area contributed by atoms with Crippen LogP contribution in [0.15, 0.2) is 48.5 Å². The Morgan fingerprint density at radius 3 is 2.43 bits per heavy atom. The molecule has 0 aliphatic rings. The van der Waals surface area contributed by atoms with Gasteiger partial charge in [-0.3, -0.25) is 4.40 Å². The number of nitrogens with zero attached hydrogens (tertiary/aromatic N) is 4. The van der Waals surface area contributed by atoms with Gasteiger partial charge >= 0.3 is 0 Å². The van der Waals surface area contributed by atoms with Crippen LogP contribution in [0.2, 0.25) is 0 Å². The number of imidazole rings is 1. The molecule has 0 unspecified atom stereocenters. The Morgan fingerprint density at radius 1 is 0.957 bits per heavy atom. The first-order valence-corrected chi connectivity index (χ1v) is 7.65. The van der Waals surface area contributed by atoms with Gasteiger partial charge in [-0.25, -0.2) is 0 Å². The molecule has 2 N–H and O–H groups in total. The fraction of sp³-hybridized carbons (Fsp3) is 0.222. The van der Waals surface area contributed by atoms with Crippen molar-refractivity contribution in [3.63, 3.8) is 0 Å². The molecule has 116 valence electrons. The van der Waals surface area contributed by atoms with Crippen LogP contribution in [0.25, 0.3) is 16.8 Å². The van der Waals surface area contributed by atoms with Gasteiger partial charge < -0.3 is 10.3 Å². The zero-order valence-corrected chi connectivity index (χ0v) is 13.5. The number of nitrogens with two attached hydrogens (primary N) is 1. The van der Waals surface area contributed by atoms with E-state index in [4.69, 9.17) is 5.73 Å². The number of benzene rings is 2. The molecule has 5 heteroatoms. The van der Waals surface area contributed by atoms with Crippen molar-refractivity contribution < 1.29 is 0 Å². The van der Waals surface area contributed by atoms with Crippen LogP contribution in [0.3, 0.4) is 0 Å². The summed E-state index contributed by atoms with van der Waals surface area (Å²) in [4.78, 5) is 0. The lowest BCUT2D eigenvalue weighted by molar-refractivity contribution is 0.586. The quantitative estimate of drug-likeness (QED) is 0.579. The minimum atomic E-state index is -0.264. The third kappa shape index (κ3) is 1.86. The fourth-order valence-electron chi connectivity index (χ4n) is 3.21. The van der Waals surface area contributed by atoms with Crippen LogP contribution < -0.4 is 5.73 Å². The van der Waals surface area contributed by atoms with Crippen LogP contribution in [-0.2, 0) is 12.5 Å². The highest BCUT2D eigenvalue weighted by Gasteiger charge is 2.30. The zero-order chi connectivity index (χ0) is 16.2. The van der Waals surface area contributed by atoms with E-state index in [1.54, 1.807) is 0 Å². The number of nitrogen functional groups attached to an aromatic ring is 1. The number of fused-ring (bicyclic) bond motifs is 3. The van der Waals surface area contributed by atoms with E-state index in [1.165, 1.54) is 5.56 Å². The molecular formula is C18H19N5.